The van der Waals surface area contributed by atoms with Crippen molar-refractivity contribution in [1.29, 1.82) is 0 Å². The first-order valence-electron chi connectivity index (χ1n) is 11.4. The van der Waals surface area contributed by atoms with Gasteiger partial charge < -0.3 is 20.3 Å². The van der Waals surface area contributed by atoms with Gasteiger partial charge in [-0.2, -0.15) is 0 Å². The molecule has 1 heterocycles. The molecule has 1 aliphatic heterocycles. The standard InChI is InChI=1S/C26H36N4O3/c1-26(2,3)20-11-9-19(10-12-20)23-29(5)22(17-28-25(32)27-4)24(31)30(23)16-15-18-7-13-21(33-6)14-8-18/h7-14,22-23H,15-17H2,1-6H3,(H2,27,28,32)/t22-,23-/m0/s1. The summed E-state index contributed by atoms with van der Waals surface area (Å²) in [5, 5.41) is 5.34. The molecule has 0 radical (unpaired) electrons. The van der Waals surface area contributed by atoms with Crippen molar-refractivity contribution in [2.75, 3.05) is 34.3 Å². The summed E-state index contributed by atoms with van der Waals surface area (Å²) in [6, 6.07) is 15.7. The van der Waals surface area contributed by atoms with Crippen LogP contribution in [0.5, 0.6) is 5.75 Å². The minimum atomic E-state index is -0.425. The fraction of sp³-hybridized carbons (Fsp3) is 0.462. The van der Waals surface area contributed by atoms with Crippen LogP contribution in [0.2, 0.25) is 0 Å². The average molecular weight is 453 g/mol. The number of nitrogens with one attached hydrogen (secondary N) is 2. The van der Waals surface area contributed by atoms with Gasteiger partial charge >= 0.3 is 6.03 Å². The zero-order valence-electron chi connectivity index (χ0n) is 20.5. The summed E-state index contributed by atoms with van der Waals surface area (Å²) >= 11 is 0. The molecular formula is C26H36N4O3. The second-order valence-electron chi connectivity index (χ2n) is 9.52. The Morgan fingerprint density at radius 2 is 1.70 bits per heavy atom. The highest BCUT2D eigenvalue weighted by atomic mass is 16.5. The van der Waals surface area contributed by atoms with Crippen molar-refractivity contribution in [3.63, 3.8) is 0 Å². The third kappa shape index (κ3) is 5.66. The van der Waals surface area contributed by atoms with Crippen LogP contribution >= 0.6 is 0 Å². The number of rotatable bonds is 7. The van der Waals surface area contributed by atoms with E-state index in [9.17, 15) is 9.59 Å². The Bertz CT molecular complexity index is 951. The van der Waals surface area contributed by atoms with E-state index >= 15 is 0 Å². The van der Waals surface area contributed by atoms with Crippen molar-refractivity contribution in [2.24, 2.45) is 0 Å². The highest BCUT2D eigenvalue weighted by molar-refractivity contribution is 5.85. The number of methoxy groups -OCH3 is 1. The molecule has 0 bridgehead atoms. The van der Waals surface area contributed by atoms with E-state index in [1.165, 1.54) is 5.56 Å². The summed E-state index contributed by atoms with van der Waals surface area (Å²) < 4.78 is 5.25. The van der Waals surface area contributed by atoms with Gasteiger partial charge in [-0.05, 0) is 47.7 Å². The van der Waals surface area contributed by atoms with Crippen LogP contribution < -0.4 is 15.4 Å². The third-order valence-electron chi connectivity index (χ3n) is 6.30. The number of nitrogens with zero attached hydrogens (tertiary/aromatic N) is 2. The van der Waals surface area contributed by atoms with Gasteiger partial charge in [0.2, 0.25) is 5.91 Å². The molecule has 2 N–H and O–H groups in total. The summed E-state index contributed by atoms with van der Waals surface area (Å²) in [5.74, 6) is 0.834. The Hall–Kier alpha value is -3.06. The molecule has 3 amide bonds. The predicted octanol–water partition coefficient (Wildman–Crippen LogP) is 3.31. The smallest absolute Gasteiger partial charge is 0.314 e. The summed E-state index contributed by atoms with van der Waals surface area (Å²) in [7, 11) is 5.16. The summed E-state index contributed by atoms with van der Waals surface area (Å²) in [6.07, 6.45) is 0.539. The molecule has 2 atom stereocenters. The highest BCUT2D eigenvalue weighted by Crippen LogP contribution is 2.34. The molecule has 0 aliphatic carbocycles. The molecule has 1 fully saturated rings. The van der Waals surface area contributed by atoms with Crippen LogP contribution in [-0.2, 0) is 16.6 Å². The maximum absolute atomic E-state index is 13.4. The van der Waals surface area contributed by atoms with Crippen LogP contribution in [0.3, 0.4) is 0 Å². The lowest BCUT2D eigenvalue weighted by Crippen LogP contribution is -2.45. The first kappa shape index (κ1) is 24.6. The van der Waals surface area contributed by atoms with E-state index in [1.54, 1.807) is 14.2 Å². The normalized spacial score (nSPS) is 19.0. The van der Waals surface area contributed by atoms with Gasteiger partial charge in [0.25, 0.3) is 0 Å². The van der Waals surface area contributed by atoms with Crippen molar-refractivity contribution >= 4 is 11.9 Å². The number of carbonyl (C=O) groups is 2. The van der Waals surface area contributed by atoms with E-state index in [0.717, 1.165) is 23.3 Å². The Morgan fingerprint density at radius 3 is 2.24 bits per heavy atom. The number of hydrogen-bond donors (Lipinski definition) is 2. The summed E-state index contributed by atoms with van der Waals surface area (Å²) in [5.41, 5.74) is 3.51. The molecule has 1 aliphatic rings. The van der Waals surface area contributed by atoms with E-state index in [2.05, 4.69) is 60.6 Å². The van der Waals surface area contributed by atoms with Gasteiger partial charge in [-0.15, -0.1) is 0 Å². The van der Waals surface area contributed by atoms with E-state index < -0.39 is 6.04 Å². The number of ether oxygens (including phenoxy) is 1. The SMILES string of the molecule is CNC(=O)NC[C@H]1C(=O)N(CCc2ccc(OC)cc2)[C@@H](c2ccc(C(C)(C)C)cc2)N1C. The minimum Gasteiger partial charge on any atom is -0.497 e. The van der Waals surface area contributed by atoms with Crippen LogP contribution in [0.15, 0.2) is 48.5 Å². The van der Waals surface area contributed by atoms with E-state index in [1.807, 2.05) is 36.2 Å². The maximum atomic E-state index is 13.4. The molecule has 3 rings (SSSR count). The lowest BCUT2D eigenvalue weighted by Gasteiger charge is -2.30. The lowest BCUT2D eigenvalue weighted by atomic mass is 9.86. The van der Waals surface area contributed by atoms with Crippen LogP contribution in [0.25, 0.3) is 0 Å². The number of amides is 3. The zero-order chi connectivity index (χ0) is 24.2. The molecule has 2 aromatic rings. The molecule has 1 saturated heterocycles. The number of likely N-dealkylation sites (N-methyl/N-ethyl adjacent to an activating group) is 1. The number of urea groups is 1. The Labute approximate surface area is 197 Å². The highest BCUT2D eigenvalue weighted by Gasteiger charge is 2.44. The molecule has 7 nitrogen and oxygen atoms in total. The quantitative estimate of drug-likeness (QED) is 0.676. The fourth-order valence-electron chi connectivity index (χ4n) is 4.23. The van der Waals surface area contributed by atoms with Crippen LogP contribution in [0, 0.1) is 0 Å². The van der Waals surface area contributed by atoms with E-state index in [0.29, 0.717) is 6.54 Å². The van der Waals surface area contributed by atoms with Crippen LogP contribution in [0.4, 0.5) is 4.79 Å². The molecule has 0 saturated carbocycles. The summed E-state index contributed by atoms with van der Waals surface area (Å²) in [4.78, 5) is 29.2. The Morgan fingerprint density at radius 1 is 1.06 bits per heavy atom. The molecule has 0 aromatic heterocycles. The lowest BCUT2D eigenvalue weighted by molar-refractivity contribution is -0.130. The Kier molecular flexibility index (Phi) is 7.64. The number of carbonyl (C=O) groups excluding carboxylic acids is 2. The van der Waals surface area contributed by atoms with E-state index in [-0.39, 0.29) is 30.1 Å². The molecule has 178 valence electrons. The first-order valence-corrected chi connectivity index (χ1v) is 11.4. The number of hydrogen-bond acceptors (Lipinski definition) is 4. The van der Waals surface area contributed by atoms with Crippen LogP contribution in [-0.4, -0.2) is 62.1 Å². The topological polar surface area (TPSA) is 73.9 Å². The van der Waals surface area contributed by atoms with Gasteiger partial charge in [-0.3, -0.25) is 9.69 Å². The molecule has 2 aromatic carbocycles. The Balaban J connectivity index is 1.84. The second kappa shape index (κ2) is 10.3. The largest absolute Gasteiger partial charge is 0.497 e. The molecule has 0 spiro atoms. The van der Waals surface area contributed by atoms with Crippen molar-refractivity contribution in [3.8, 4) is 5.75 Å². The minimum absolute atomic E-state index is 0.0207. The predicted molar refractivity (Wildman–Crippen MR) is 130 cm³/mol. The molecule has 33 heavy (non-hydrogen) atoms. The maximum Gasteiger partial charge on any atom is 0.314 e. The molecule has 7 heteroatoms. The van der Waals surface area contributed by atoms with Crippen molar-refractivity contribution in [2.45, 2.75) is 44.8 Å². The average Bonchev–Trinajstić information content (AvgIpc) is 3.04. The molecule has 0 unspecified atom stereocenters. The first-order chi connectivity index (χ1) is 15.7. The van der Waals surface area contributed by atoms with Gasteiger partial charge in [0, 0.05) is 20.1 Å². The summed E-state index contributed by atoms with van der Waals surface area (Å²) in [6.45, 7) is 7.40. The molecular weight excluding hydrogens is 416 g/mol. The zero-order valence-corrected chi connectivity index (χ0v) is 20.5. The number of benzene rings is 2. The van der Waals surface area contributed by atoms with E-state index in [4.69, 9.17) is 4.74 Å². The van der Waals surface area contributed by atoms with Gasteiger partial charge in [0.05, 0.1) is 7.11 Å². The fourth-order valence-corrected chi connectivity index (χ4v) is 4.23. The van der Waals surface area contributed by atoms with Crippen molar-refractivity contribution < 1.29 is 14.3 Å². The second-order valence-corrected chi connectivity index (χ2v) is 9.52. The van der Waals surface area contributed by atoms with Gasteiger partial charge in [-0.25, -0.2) is 4.79 Å². The monoisotopic (exact) mass is 452 g/mol. The van der Waals surface area contributed by atoms with Gasteiger partial charge in [-0.1, -0.05) is 57.2 Å². The third-order valence-corrected chi connectivity index (χ3v) is 6.30. The van der Waals surface area contributed by atoms with Crippen molar-refractivity contribution in [3.05, 3.63) is 65.2 Å². The van der Waals surface area contributed by atoms with Gasteiger partial charge in [0.1, 0.15) is 18.0 Å². The van der Waals surface area contributed by atoms with Gasteiger partial charge in [0.15, 0.2) is 0 Å². The van der Waals surface area contributed by atoms with Crippen LogP contribution in [0.1, 0.15) is 43.6 Å². The van der Waals surface area contributed by atoms with Crippen molar-refractivity contribution in [1.82, 2.24) is 20.4 Å².